The summed E-state index contributed by atoms with van der Waals surface area (Å²) in [6.07, 6.45) is 1.39. The lowest BCUT2D eigenvalue weighted by molar-refractivity contribution is -0.126. The molecule has 1 atom stereocenters. The van der Waals surface area contributed by atoms with E-state index in [1.54, 1.807) is 31.7 Å². The predicted octanol–water partition coefficient (Wildman–Crippen LogP) is 4.41. The third-order valence-corrected chi connectivity index (χ3v) is 6.90. The van der Waals surface area contributed by atoms with Crippen molar-refractivity contribution in [3.05, 3.63) is 57.1 Å². The minimum Gasteiger partial charge on any atom is -0.462 e. The van der Waals surface area contributed by atoms with E-state index in [4.69, 9.17) is 16.3 Å². The van der Waals surface area contributed by atoms with E-state index in [-0.39, 0.29) is 41.8 Å². The molecule has 1 aromatic heterocycles. The van der Waals surface area contributed by atoms with Crippen LogP contribution in [-0.4, -0.2) is 47.4 Å². The van der Waals surface area contributed by atoms with Crippen LogP contribution in [0.5, 0.6) is 0 Å². The van der Waals surface area contributed by atoms with Crippen molar-refractivity contribution in [1.29, 1.82) is 0 Å². The van der Waals surface area contributed by atoms with Crippen molar-refractivity contribution < 1.29 is 23.5 Å². The second-order valence-corrected chi connectivity index (χ2v) is 9.12. The van der Waals surface area contributed by atoms with Crippen molar-refractivity contribution >= 4 is 29.4 Å². The van der Waals surface area contributed by atoms with Gasteiger partial charge in [-0.15, -0.1) is 0 Å². The third-order valence-electron chi connectivity index (χ3n) is 6.55. The van der Waals surface area contributed by atoms with Gasteiger partial charge in [-0.3, -0.25) is 9.59 Å². The van der Waals surface area contributed by atoms with Gasteiger partial charge in [-0.1, -0.05) is 24.6 Å². The van der Waals surface area contributed by atoms with Crippen LogP contribution in [0.4, 0.5) is 4.39 Å². The van der Waals surface area contributed by atoms with Crippen molar-refractivity contribution in [1.82, 2.24) is 15.2 Å². The van der Waals surface area contributed by atoms with Crippen molar-refractivity contribution in [3.8, 4) is 0 Å². The molecule has 3 rings (SSSR count). The van der Waals surface area contributed by atoms with Crippen molar-refractivity contribution in [3.63, 3.8) is 0 Å². The van der Waals surface area contributed by atoms with E-state index in [0.717, 1.165) is 0 Å². The fourth-order valence-electron chi connectivity index (χ4n) is 4.46. The molecule has 1 aromatic carbocycles. The molecule has 2 heterocycles. The molecule has 1 fully saturated rings. The number of esters is 1. The highest BCUT2D eigenvalue weighted by molar-refractivity contribution is 6.31. The van der Waals surface area contributed by atoms with E-state index in [1.165, 1.54) is 12.1 Å². The summed E-state index contributed by atoms with van der Waals surface area (Å²) >= 11 is 6.04. The number of aromatic amines is 1. The summed E-state index contributed by atoms with van der Waals surface area (Å²) in [5.41, 5.74) is 2.67. The van der Waals surface area contributed by atoms with E-state index in [9.17, 15) is 18.8 Å². The highest BCUT2D eigenvalue weighted by Crippen LogP contribution is 2.28. The summed E-state index contributed by atoms with van der Waals surface area (Å²) in [6, 6.07) is 4.10. The summed E-state index contributed by atoms with van der Waals surface area (Å²) in [5, 5.41) is 3.16. The van der Waals surface area contributed by atoms with Crippen molar-refractivity contribution in [2.24, 2.45) is 11.8 Å². The minimum absolute atomic E-state index is 0.0971. The monoisotopic (exact) mass is 491 g/mol. The Hall–Kier alpha value is -2.87. The van der Waals surface area contributed by atoms with Gasteiger partial charge in [0.15, 0.2) is 0 Å². The van der Waals surface area contributed by atoms with Gasteiger partial charge in [0.05, 0.1) is 12.2 Å². The number of ether oxygens (including phenoxy) is 1. The minimum atomic E-state index is -0.437. The Morgan fingerprint density at radius 3 is 2.56 bits per heavy atom. The molecule has 0 bridgehead atoms. The number of nitrogens with one attached hydrogen (secondary N) is 2. The molecule has 0 saturated carbocycles. The maximum absolute atomic E-state index is 13.2. The van der Waals surface area contributed by atoms with Gasteiger partial charge >= 0.3 is 5.97 Å². The molecule has 1 saturated heterocycles. The Bertz CT molecular complexity index is 1080. The maximum atomic E-state index is 13.2. The molecule has 0 aliphatic carbocycles. The van der Waals surface area contributed by atoms with Crippen LogP contribution in [0, 0.1) is 31.5 Å². The largest absolute Gasteiger partial charge is 0.462 e. The maximum Gasteiger partial charge on any atom is 0.340 e. The summed E-state index contributed by atoms with van der Waals surface area (Å²) in [5.74, 6) is -1.21. The molecule has 2 N–H and O–H groups in total. The van der Waals surface area contributed by atoms with Crippen LogP contribution in [0.15, 0.2) is 18.2 Å². The zero-order chi connectivity index (χ0) is 25.0. The molecular formula is C25H31ClFN3O4. The summed E-state index contributed by atoms with van der Waals surface area (Å²) in [4.78, 5) is 42.8. The predicted molar refractivity (Wildman–Crippen MR) is 127 cm³/mol. The number of carbonyl (C=O) groups is 3. The molecule has 9 heteroatoms. The molecule has 0 radical (unpaired) electrons. The van der Waals surface area contributed by atoms with Crippen molar-refractivity contribution in [2.45, 2.75) is 47.1 Å². The molecule has 1 aliphatic heterocycles. The second kappa shape index (κ2) is 11.0. The van der Waals surface area contributed by atoms with E-state index in [1.807, 2.05) is 6.92 Å². The Kier molecular flexibility index (Phi) is 8.36. The zero-order valence-electron chi connectivity index (χ0n) is 20.0. The molecule has 184 valence electrons. The summed E-state index contributed by atoms with van der Waals surface area (Å²) in [7, 11) is 0. The Morgan fingerprint density at radius 1 is 1.26 bits per heavy atom. The quantitative estimate of drug-likeness (QED) is 0.561. The number of amides is 2. The van der Waals surface area contributed by atoms with E-state index >= 15 is 0 Å². The number of likely N-dealkylation sites (tertiary alicyclic amines) is 1. The van der Waals surface area contributed by atoms with Gasteiger partial charge in [-0.2, -0.15) is 0 Å². The van der Waals surface area contributed by atoms with Crippen LogP contribution < -0.4 is 5.32 Å². The molecule has 7 nitrogen and oxygen atoms in total. The van der Waals surface area contributed by atoms with E-state index < -0.39 is 11.8 Å². The molecule has 0 unspecified atom stereocenters. The van der Waals surface area contributed by atoms with Gasteiger partial charge in [0.2, 0.25) is 5.91 Å². The Balaban J connectivity index is 1.56. The van der Waals surface area contributed by atoms with E-state index in [2.05, 4.69) is 10.3 Å². The first kappa shape index (κ1) is 25.7. The standard InChI is InChI=1S/C25H31ClFN3O4/c1-5-34-25(33)21-15(3)22(29-16(21)4)24(32)30-10-8-17(9-11-30)14(2)23(31)28-13-18-6-7-19(27)12-20(18)26/h6-7,12,14,17,29H,5,8-11,13H2,1-4H3,(H,28,31)/t14-/m1/s1. The molecule has 1 aliphatic rings. The molecule has 34 heavy (non-hydrogen) atoms. The SMILES string of the molecule is CCOC(=O)c1c(C)[nH]c(C(=O)N2CCC([C@@H](C)C(=O)NCc3ccc(F)cc3Cl)CC2)c1C. The zero-order valence-corrected chi connectivity index (χ0v) is 20.7. The fraction of sp³-hybridized carbons (Fsp3) is 0.480. The van der Waals surface area contributed by atoms with Crippen LogP contribution in [0.3, 0.4) is 0 Å². The number of halogens is 2. The number of benzene rings is 1. The van der Waals surface area contributed by atoms with Gasteiger partial charge < -0.3 is 19.9 Å². The number of carbonyl (C=O) groups excluding carboxylic acids is 3. The van der Waals surface area contributed by atoms with Crippen LogP contribution in [0.2, 0.25) is 5.02 Å². The highest BCUT2D eigenvalue weighted by atomic mass is 35.5. The van der Waals surface area contributed by atoms with Crippen LogP contribution in [0.1, 0.15) is 64.4 Å². The lowest BCUT2D eigenvalue weighted by Crippen LogP contribution is -2.42. The average Bonchev–Trinajstić information content (AvgIpc) is 3.11. The first-order chi connectivity index (χ1) is 16.1. The Morgan fingerprint density at radius 2 is 1.94 bits per heavy atom. The van der Waals surface area contributed by atoms with Crippen LogP contribution in [0.25, 0.3) is 0 Å². The molecule has 2 amide bonds. The smallest absolute Gasteiger partial charge is 0.340 e. The summed E-state index contributed by atoms with van der Waals surface area (Å²) in [6.45, 7) is 8.67. The van der Waals surface area contributed by atoms with Crippen LogP contribution >= 0.6 is 11.6 Å². The number of aromatic nitrogens is 1. The van der Waals surface area contributed by atoms with Crippen LogP contribution in [-0.2, 0) is 16.1 Å². The topological polar surface area (TPSA) is 91.5 Å². The number of nitrogens with zero attached hydrogens (tertiary/aromatic N) is 1. The Labute approximate surface area is 204 Å². The number of aryl methyl sites for hydroxylation is 1. The number of hydrogen-bond donors (Lipinski definition) is 2. The van der Waals surface area contributed by atoms with Gasteiger partial charge in [0.1, 0.15) is 11.5 Å². The number of piperidine rings is 1. The lowest BCUT2D eigenvalue weighted by Gasteiger charge is -2.34. The number of hydrogen-bond acceptors (Lipinski definition) is 4. The van der Waals surface area contributed by atoms with E-state index in [0.29, 0.717) is 54.0 Å². The number of H-pyrrole nitrogens is 1. The van der Waals surface area contributed by atoms with Gasteiger partial charge in [0, 0.05) is 36.3 Å². The van der Waals surface area contributed by atoms with Gasteiger partial charge in [0.25, 0.3) is 5.91 Å². The average molecular weight is 492 g/mol. The number of rotatable bonds is 7. The van der Waals surface area contributed by atoms with Gasteiger partial charge in [-0.25, -0.2) is 9.18 Å². The molecule has 2 aromatic rings. The molecular weight excluding hydrogens is 461 g/mol. The normalized spacial score (nSPS) is 15.2. The second-order valence-electron chi connectivity index (χ2n) is 8.72. The third kappa shape index (κ3) is 5.60. The highest BCUT2D eigenvalue weighted by Gasteiger charge is 2.32. The first-order valence-corrected chi connectivity index (χ1v) is 11.9. The first-order valence-electron chi connectivity index (χ1n) is 11.5. The van der Waals surface area contributed by atoms with Crippen molar-refractivity contribution in [2.75, 3.05) is 19.7 Å². The lowest BCUT2D eigenvalue weighted by atomic mass is 9.84. The summed E-state index contributed by atoms with van der Waals surface area (Å²) < 4.78 is 18.3. The van der Waals surface area contributed by atoms with Gasteiger partial charge in [-0.05, 0) is 62.8 Å². The molecule has 0 spiro atoms. The fourth-order valence-corrected chi connectivity index (χ4v) is 4.69.